The molecule has 194 valence electrons. The van der Waals surface area contributed by atoms with Gasteiger partial charge >= 0.3 is 7.60 Å². The summed E-state index contributed by atoms with van der Waals surface area (Å²) in [6, 6.07) is 14.1. The number of carbonyl (C=O) groups excluding carboxylic acids is 1. The number of hydrogen-bond donors (Lipinski definition) is 0. The average molecular weight is 573 g/mol. The Kier molecular flexibility index (Phi) is 9.09. The average Bonchev–Trinajstić information content (AvgIpc) is 2.81. The minimum atomic E-state index is -4.48. The molecule has 8 nitrogen and oxygen atoms in total. The summed E-state index contributed by atoms with van der Waals surface area (Å²) in [4.78, 5) is 14.3. The van der Waals surface area contributed by atoms with E-state index in [1.54, 1.807) is 64.3 Å². The lowest BCUT2D eigenvalue weighted by atomic mass is 10.0. The van der Waals surface area contributed by atoms with Crippen molar-refractivity contribution in [2.75, 3.05) is 37.9 Å². The van der Waals surface area contributed by atoms with Crippen LogP contribution in [0.4, 0.5) is 5.69 Å². The van der Waals surface area contributed by atoms with Crippen LogP contribution in [0.2, 0.25) is 10.0 Å². The summed E-state index contributed by atoms with van der Waals surface area (Å²) in [5, 5.41) is 1.33. The lowest BCUT2D eigenvalue weighted by Gasteiger charge is -2.31. The number of fused-ring (bicyclic) bond motifs is 1. The van der Waals surface area contributed by atoms with Gasteiger partial charge in [-0.25, -0.2) is 8.42 Å². The Balaban J connectivity index is 2.42. The first-order valence-electron chi connectivity index (χ1n) is 11.0. The Labute approximate surface area is 221 Å². The number of sulfonamides is 1. The van der Waals surface area contributed by atoms with Gasteiger partial charge in [0.25, 0.3) is 15.9 Å². The maximum atomic E-state index is 14.2. The van der Waals surface area contributed by atoms with Crippen LogP contribution in [0.3, 0.4) is 0 Å². The van der Waals surface area contributed by atoms with Crippen molar-refractivity contribution < 1.29 is 26.8 Å². The number of carbonyl (C=O) groups is 1. The highest BCUT2D eigenvalue weighted by molar-refractivity contribution is 7.93. The number of benzene rings is 3. The summed E-state index contributed by atoms with van der Waals surface area (Å²) in [7, 11) is -5.34. The van der Waals surface area contributed by atoms with E-state index in [1.807, 2.05) is 0 Å². The third-order valence-corrected chi connectivity index (χ3v) is 9.45. The standard InChI is InChI=1S/C24H27Cl2N2O6PS/c1-5-33-35(30,34-6-2)16-28(36(31,32)20-14-18(25)13-19(26)15-20)23-21-10-8-7-9-17(21)11-12-22(23)24(29)27(3)4/h7-15H,5-6,16H2,1-4H3. The number of rotatable bonds is 10. The minimum absolute atomic E-state index is 0.0210. The lowest BCUT2D eigenvalue weighted by Crippen LogP contribution is -2.35. The third kappa shape index (κ3) is 6.05. The van der Waals surface area contributed by atoms with Gasteiger partial charge in [0, 0.05) is 29.5 Å². The van der Waals surface area contributed by atoms with Crippen molar-refractivity contribution >= 4 is 63.2 Å². The topological polar surface area (TPSA) is 93.2 Å². The fourth-order valence-electron chi connectivity index (χ4n) is 3.68. The van der Waals surface area contributed by atoms with Crippen molar-refractivity contribution in [2.45, 2.75) is 18.7 Å². The molecule has 36 heavy (non-hydrogen) atoms. The molecule has 1 amide bonds. The molecule has 0 aliphatic rings. The number of anilines is 1. The molecule has 0 heterocycles. The SMILES string of the molecule is CCOP(=O)(CN(c1c(C(=O)N(C)C)ccc2ccccc12)S(=O)(=O)c1cc(Cl)cc(Cl)c1)OCC. The fourth-order valence-corrected chi connectivity index (χ4v) is 8.09. The Morgan fingerprint density at radius 2 is 1.53 bits per heavy atom. The molecule has 0 aliphatic carbocycles. The van der Waals surface area contributed by atoms with Crippen molar-refractivity contribution in [3.8, 4) is 0 Å². The molecule has 0 unspecified atom stereocenters. The van der Waals surface area contributed by atoms with Crippen LogP contribution in [0.15, 0.2) is 59.5 Å². The van der Waals surface area contributed by atoms with E-state index < -0.39 is 29.8 Å². The highest BCUT2D eigenvalue weighted by atomic mass is 35.5. The van der Waals surface area contributed by atoms with Crippen LogP contribution in [0.5, 0.6) is 0 Å². The van der Waals surface area contributed by atoms with Gasteiger partial charge in [0.15, 0.2) is 0 Å². The summed E-state index contributed by atoms with van der Waals surface area (Å²) in [5.74, 6) is -0.442. The van der Waals surface area contributed by atoms with Crippen LogP contribution in [0.25, 0.3) is 10.8 Å². The summed E-state index contributed by atoms with van der Waals surface area (Å²) in [5.41, 5.74) is 0.137. The van der Waals surface area contributed by atoms with Crippen LogP contribution in [-0.2, 0) is 23.6 Å². The van der Waals surface area contributed by atoms with Crippen molar-refractivity contribution in [2.24, 2.45) is 0 Å². The smallest absolute Gasteiger partial charge is 0.345 e. The van der Waals surface area contributed by atoms with Gasteiger partial charge in [-0.2, -0.15) is 0 Å². The third-order valence-electron chi connectivity index (χ3n) is 5.16. The highest BCUT2D eigenvalue weighted by Gasteiger charge is 2.38. The Bertz CT molecular complexity index is 1400. The highest BCUT2D eigenvalue weighted by Crippen LogP contribution is 2.51. The van der Waals surface area contributed by atoms with Crippen molar-refractivity contribution in [3.63, 3.8) is 0 Å². The second kappa shape index (κ2) is 11.5. The number of amides is 1. The van der Waals surface area contributed by atoms with Crippen molar-refractivity contribution in [3.05, 3.63) is 70.2 Å². The van der Waals surface area contributed by atoms with Crippen LogP contribution >= 0.6 is 30.8 Å². The fraction of sp³-hybridized carbons (Fsp3) is 0.292. The molecule has 0 aliphatic heterocycles. The maximum Gasteiger partial charge on any atom is 0.350 e. The van der Waals surface area contributed by atoms with Crippen LogP contribution < -0.4 is 4.31 Å². The lowest BCUT2D eigenvalue weighted by molar-refractivity contribution is 0.0828. The van der Waals surface area contributed by atoms with E-state index in [0.29, 0.717) is 10.8 Å². The first-order chi connectivity index (χ1) is 16.9. The molecule has 3 aromatic rings. The van der Waals surface area contributed by atoms with Gasteiger partial charge in [-0.05, 0) is 43.5 Å². The molecule has 12 heteroatoms. The van der Waals surface area contributed by atoms with Crippen LogP contribution in [-0.4, -0.2) is 52.8 Å². The molecule has 0 saturated heterocycles. The second-order valence-corrected chi connectivity index (χ2v) is 12.7. The molecule has 0 spiro atoms. The largest absolute Gasteiger partial charge is 0.350 e. The quantitative estimate of drug-likeness (QED) is 0.266. The summed E-state index contributed by atoms with van der Waals surface area (Å²) in [6.07, 6.45) is -0.678. The summed E-state index contributed by atoms with van der Waals surface area (Å²) in [6.45, 7) is 3.29. The molecule has 0 N–H and O–H groups in total. The number of halogens is 2. The minimum Gasteiger partial charge on any atom is -0.345 e. The molecule has 0 saturated carbocycles. The zero-order valence-electron chi connectivity index (χ0n) is 20.3. The van der Waals surface area contributed by atoms with E-state index in [0.717, 1.165) is 4.31 Å². The van der Waals surface area contributed by atoms with Gasteiger partial charge in [0.2, 0.25) is 0 Å². The normalized spacial score (nSPS) is 12.1. The first kappa shape index (κ1) is 28.4. The van der Waals surface area contributed by atoms with Gasteiger partial charge in [-0.1, -0.05) is 53.5 Å². The van der Waals surface area contributed by atoms with Crippen molar-refractivity contribution in [1.29, 1.82) is 0 Å². The van der Waals surface area contributed by atoms with E-state index in [4.69, 9.17) is 32.2 Å². The van der Waals surface area contributed by atoms with E-state index in [9.17, 15) is 17.8 Å². The van der Waals surface area contributed by atoms with Gasteiger partial charge in [0.1, 0.15) is 6.29 Å². The monoisotopic (exact) mass is 572 g/mol. The van der Waals surface area contributed by atoms with Crippen molar-refractivity contribution in [1.82, 2.24) is 4.90 Å². The predicted molar refractivity (Wildman–Crippen MR) is 144 cm³/mol. The molecule has 0 atom stereocenters. The molecule has 0 fully saturated rings. The van der Waals surface area contributed by atoms with Gasteiger partial charge in [-0.15, -0.1) is 0 Å². The van der Waals surface area contributed by atoms with E-state index >= 15 is 0 Å². The van der Waals surface area contributed by atoms with E-state index in [-0.39, 0.29) is 39.4 Å². The summed E-state index contributed by atoms with van der Waals surface area (Å²) >= 11 is 12.3. The Morgan fingerprint density at radius 3 is 2.08 bits per heavy atom. The molecule has 3 rings (SSSR count). The first-order valence-corrected chi connectivity index (χ1v) is 15.0. The molecule has 0 radical (unpaired) electrons. The second-order valence-electron chi connectivity index (χ2n) is 7.93. The summed E-state index contributed by atoms with van der Waals surface area (Å²) < 4.78 is 53.8. The molecule has 0 aromatic heterocycles. The number of nitrogens with zero attached hydrogens (tertiary/aromatic N) is 2. The maximum absolute atomic E-state index is 14.2. The number of hydrogen-bond acceptors (Lipinski definition) is 6. The van der Waals surface area contributed by atoms with Gasteiger partial charge in [-0.3, -0.25) is 13.7 Å². The van der Waals surface area contributed by atoms with Gasteiger partial charge < -0.3 is 13.9 Å². The zero-order valence-corrected chi connectivity index (χ0v) is 23.5. The van der Waals surface area contributed by atoms with E-state index in [2.05, 4.69) is 0 Å². The van der Waals surface area contributed by atoms with Gasteiger partial charge in [0.05, 0.1) is 29.4 Å². The van der Waals surface area contributed by atoms with E-state index in [1.165, 1.54) is 23.1 Å². The Morgan fingerprint density at radius 1 is 0.944 bits per heavy atom. The van der Waals surface area contributed by atoms with Crippen LogP contribution in [0.1, 0.15) is 24.2 Å². The molecular weight excluding hydrogens is 546 g/mol. The predicted octanol–water partition coefficient (Wildman–Crippen LogP) is 6.27. The molecule has 3 aromatic carbocycles. The molecule has 0 bridgehead atoms. The zero-order chi connectivity index (χ0) is 26.7. The molecular formula is C24H27Cl2N2O6PS. The Hall–Kier alpha value is -2.13. The van der Waals surface area contributed by atoms with Crippen LogP contribution in [0, 0.1) is 0 Å².